The lowest BCUT2D eigenvalue weighted by atomic mass is 9.93. The van der Waals surface area contributed by atoms with Crippen molar-refractivity contribution in [3.63, 3.8) is 0 Å². The molecule has 9 nitrogen and oxygen atoms in total. The smallest absolute Gasteiger partial charge is 0.328 e. The summed E-state index contributed by atoms with van der Waals surface area (Å²) in [6.07, 6.45) is 9.47. The summed E-state index contributed by atoms with van der Waals surface area (Å²) in [5, 5.41) is 15.7. The van der Waals surface area contributed by atoms with Crippen molar-refractivity contribution in [3.8, 4) is 0 Å². The molecule has 0 radical (unpaired) electrons. The number of carbonyl (C=O) groups is 4. The Bertz CT molecular complexity index is 1510. The number of anilines is 1. The number of hydrogen-bond acceptors (Lipinski definition) is 4. The topological polar surface area (TPSA) is 144 Å². The fourth-order valence-electron chi connectivity index (χ4n) is 6.31. The SMILES string of the molecule is Cn1c(C(N)=O)c(C2CCCC2)c2ccc(C(=O)NC3(C(=O)Nc4ccc(C=CC(=O)O)cc4)CCCC3)cc21. The summed E-state index contributed by atoms with van der Waals surface area (Å²) < 4.78 is 1.79. The largest absolute Gasteiger partial charge is 0.478 e. The molecule has 0 spiro atoms. The van der Waals surface area contributed by atoms with Gasteiger partial charge in [0.25, 0.3) is 11.8 Å². The van der Waals surface area contributed by atoms with Crippen LogP contribution >= 0.6 is 0 Å². The van der Waals surface area contributed by atoms with E-state index in [1.54, 1.807) is 48.0 Å². The van der Waals surface area contributed by atoms with Crippen LogP contribution in [0, 0.1) is 0 Å². The number of carbonyl (C=O) groups excluding carboxylic acids is 3. The molecule has 208 valence electrons. The van der Waals surface area contributed by atoms with Crippen LogP contribution < -0.4 is 16.4 Å². The number of aromatic nitrogens is 1. The molecule has 1 aromatic heterocycles. The Morgan fingerprint density at radius 2 is 1.68 bits per heavy atom. The van der Waals surface area contributed by atoms with E-state index in [9.17, 15) is 19.2 Å². The van der Waals surface area contributed by atoms with Crippen molar-refractivity contribution in [1.82, 2.24) is 9.88 Å². The van der Waals surface area contributed by atoms with Gasteiger partial charge in [-0.3, -0.25) is 14.4 Å². The molecule has 2 fully saturated rings. The van der Waals surface area contributed by atoms with Crippen LogP contribution in [0.1, 0.15) is 89.3 Å². The summed E-state index contributed by atoms with van der Waals surface area (Å²) in [6.45, 7) is 0. The van der Waals surface area contributed by atoms with E-state index in [0.29, 0.717) is 35.3 Å². The molecule has 2 saturated carbocycles. The van der Waals surface area contributed by atoms with Crippen molar-refractivity contribution >= 4 is 46.4 Å². The molecule has 2 aliphatic rings. The van der Waals surface area contributed by atoms with E-state index in [-0.39, 0.29) is 17.7 Å². The lowest BCUT2D eigenvalue weighted by Crippen LogP contribution is -2.55. The first kappa shape index (κ1) is 27.2. The summed E-state index contributed by atoms with van der Waals surface area (Å²) in [5.74, 6) is -1.87. The number of carboxylic acids is 1. The third kappa shape index (κ3) is 5.23. The first-order valence-corrected chi connectivity index (χ1v) is 13.8. The van der Waals surface area contributed by atoms with Crippen molar-refractivity contribution in [2.75, 3.05) is 5.32 Å². The summed E-state index contributed by atoms with van der Waals surface area (Å²) in [7, 11) is 1.80. The van der Waals surface area contributed by atoms with Crippen molar-refractivity contribution in [2.24, 2.45) is 12.8 Å². The van der Waals surface area contributed by atoms with Crippen LogP contribution in [0.25, 0.3) is 17.0 Å². The molecule has 5 N–H and O–H groups in total. The predicted octanol–water partition coefficient (Wildman–Crippen LogP) is 4.71. The predicted molar refractivity (Wildman–Crippen MR) is 153 cm³/mol. The lowest BCUT2D eigenvalue weighted by molar-refractivity contribution is -0.131. The molecule has 3 aromatic rings. The maximum Gasteiger partial charge on any atom is 0.328 e. The number of nitrogens with one attached hydrogen (secondary N) is 2. The van der Waals surface area contributed by atoms with Gasteiger partial charge < -0.3 is 26.0 Å². The highest BCUT2D eigenvalue weighted by atomic mass is 16.4. The zero-order chi connectivity index (χ0) is 28.4. The molecule has 0 aliphatic heterocycles. The van der Waals surface area contributed by atoms with Crippen LogP contribution in [-0.2, 0) is 16.6 Å². The number of aliphatic carboxylic acids is 1. The van der Waals surface area contributed by atoms with E-state index in [4.69, 9.17) is 10.8 Å². The van der Waals surface area contributed by atoms with Crippen molar-refractivity contribution in [3.05, 3.63) is 70.9 Å². The minimum absolute atomic E-state index is 0.276. The Morgan fingerprint density at radius 1 is 1.00 bits per heavy atom. The van der Waals surface area contributed by atoms with Gasteiger partial charge in [-0.2, -0.15) is 0 Å². The molecule has 0 saturated heterocycles. The summed E-state index contributed by atoms with van der Waals surface area (Å²) in [4.78, 5) is 50.1. The molecule has 2 aliphatic carbocycles. The first-order valence-electron chi connectivity index (χ1n) is 13.8. The Kier molecular flexibility index (Phi) is 7.47. The van der Waals surface area contributed by atoms with Crippen molar-refractivity contribution < 1.29 is 24.3 Å². The Balaban J connectivity index is 1.38. The second kappa shape index (κ2) is 11.0. The maximum absolute atomic E-state index is 13.5. The van der Waals surface area contributed by atoms with Crippen molar-refractivity contribution in [1.29, 1.82) is 0 Å². The van der Waals surface area contributed by atoms with E-state index < -0.39 is 17.4 Å². The van der Waals surface area contributed by atoms with Gasteiger partial charge in [-0.15, -0.1) is 0 Å². The highest BCUT2D eigenvalue weighted by molar-refractivity contribution is 6.07. The number of primary amides is 1. The number of fused-ring (bicyclic) bond motifs is 1. The quantitative estimate of drug-likeness (QED) is 0.305. The maximum atomic E-state index is 13.5. The fraction of sp³-hybridized carbons (Fsp3) is 0.355. The van der Waals surface area contributed by atoms with Crippen LogP contribution in [0.4, 0.5) is 5.69 Å². The lowest BCUT2D eigenvalue weighted by Gasteiger charge is -2.29. The fourth-order valence-corrected chi connectivity index (χ4v) is 6.31. The van der Waals surface area contributed by atoms with Gasteiger partial charge in [-0.25, -0.2) is 4.79 Å². The van der Waals surface area contributed by atoms with Gasteiger partial charge in [0.05, 0.1) is 0 Å². The Morgan fingerprint density at radius 3 is 2.30 bits per heavy atom. The van der Waals surface area contributed by atoms with Crippen LogP contribution in [-0.4, -0.2) is 38.9 Å². The Hall–Kier alpha value is -4.40. The number of carboxylic acid groups (broad SMARTS) is 1. The normalized spacial score (nSPS) is 16.9. The molecule has 3 amide bonds. The second-order valence-corrected chi connectivity index (χ2v) is 10.9. The number of amides is 3. The highest BCUT2D eigenvalue weighted by Gasteiger charge is 2.42. The number of hydrogen-bond donors (Lipinski definition) is 4. The third-order valence-electron chi connectivity index (χ3n) is 8.33. The van der Waals surface area contributed by atoms with Gasteiger partial charge in [0.2, 0.25) is 5.91 Å². The van der Waals surface area contributed by atoms with E-state index in [2.05, 4.69) is 10.6 Å². The molecular weight excluding hydrogens is 508 g/mol. The molecule has 9 heteroatoms. The van der Waals surface area contributed by atoms with E-state index in [1.807, 2.05) is 6.07 Å². The summed E-state index contributed by atoms with van der Waals surface area (Å²) in [5.41, 5.74) is 8.65. The van der Waals surface area contributed by atoms with Gasteiger partial charge >= 0.3 is 5.97 Å². The van der Waals surface area contributed by atoms with Crippen LogP contribution in [0.3, 0.4) is 0 Å². The second-order valence-electron chi connectivity index (χ2n) is 10.9. The number of benzene rings is 2. The minimum Gasteiger partial charge on any atom is -0.478 e. The standard InChI is InChI=1S/C31H34N4O5/c1-35-24-18-21(11-14-23(24)26(27(35)28(32)38)20-6-2-3-7-20)29(39)34-31(16-4-5-17-31)30(40)33-22-12-8-19(9-13-22)10-15-25(36)37/h8-15,18,20H,2-7,16-17H2,1H3,(H2,32,38)(H,33,40)(H,34,39)(H,36,37). The zero-order valence-electron chi connectivity index (χ0n) is 22.5. The van der Waals surface area contributed by atoms with Gasteiger partial charge in [0, 0.05) is 35.3 Å². The summed E-state index contributed by atoms with van der Waals surface area (Å²) >= 11 is 0. The average molecular weight is 543 g/mol. The van der Waals surface area contributed by atoms with Gasteiger partial charge in [0.1, 0.15) is 11.2 Å². The first-order chi connectivity index (χ1) is 19.2. The van der Waals surface area contributed by atoms with Crippen LogP contribution in [0.5, 0.6) is 0 Å². The molecule has 5 rings (SSSR count). The van der Waals surface area contributed by atoms with Crippen LogP contribution in [0.2, 0.25) is 0 Å². The molecule has 0 unspecified atom stereocenters. The Labute approximate surface area is 232 Å². The molecular formula is C31H34N4O5. The van der Waals surface area contributed by atoms with E-state index >= 15 is 0 Å². The summed E-state index contributed by atoms with van der Waals surface area (Å²) in [6, 6.07) is 12.3. The number of rotatable bonds is 8. The van der Waals surface area contributed by atoms with Crippen molar-refractivity contribution in [2.45, 2.75) is 62.8 Å². The molecule has 2 aromatic carbocycles. The van der Waals surface area contributed by atoms with Gasteiger partial charge in [-0.05, 0) is 73.1 Å². The van der Waals surface area contributed by atoms with Gasteiger partial charge in [-0.1, -0.05) is 43.9 Å². The highest BCUT2D eigenvalue weighted by Crippen LogP contribution is 2.41. The van der Waals surface area contributed by atoms with E-state index in [0.717, 1.165) is 61.1 Å². The molecule has 0 atom stereocenters. The molecule has 40 heavy (non-hydrogen) atoms. The van der Waals surface area contributed by atoms with Gasteiger partial charge in [0.15, 0.2) is 0 Å². The van der Waals surface area contributed by atoms with E-state index in [1.165, 1.54) is 6.08 Å². The number of aryl methyl sites for hydroxylation is 1. The molecule has 0 bridgehead atoms. The average Bonchev–Trinajstić information content (AvgIpc) is 3.68. The number of nitrogens with zero attached hydrogens (tertiary/aromatic N) is 1. The van der Waals surface area contributed by atoms with Crippen LogP contribution in [0.15, 0.2) is 48.5 Å². The minimum atomic E-state index is -1.05. The monoisotopic (exact) mass is 542 g/mol. The zero-order valence-corrected chi connectivity index (χ0v) is 22.5. The third-order valence-corrected chi connectivity index (χ3v) is 8.33. The number of nitrogens with two attached hydrogens (primary N) is 1. The molecule has 1 heterocycles.